The zero-order chi connectivity index (χ0) is 18.2. The van der Waals surface area contributed by atoms with Crippen LogP contribution in [0.15, 0.2) is 73.6 Å². The average molecular weight is 371 g/mol. The smallest absolute Gasteiger partial charge is 0.194 e. The van der Waals surface area contributed by atoms with Crippen LogP contribution in [0.25, 0.3) is 27.5 Å². The lowest BCUT2D eigenvalue weighted by atomic mass is 10.1. The molecule has 0 fully saturated rings. The second kappa shape index (κ2) is 6.48. The van der Waals surface area contributed by atoms with Crippen LogP contribution in [0.1, 0.15) is 10.6 Å². The fourth-order valence-corrected chi connectivity index (χ4v) is 4.16. The fraction of sp³-hybridized carbons (Fsp3) is 0.0952. The van der Waals surface area contributed by atoms with E-state index in [9.17, 15) is 0 Å². The van der Waals surface area contributed by atoms with Crippen LogP contribution >= 0.6 is 11.3 Å². The molecule has 0 atom stereocenters. The summed E-state index contributed by atoms with van der Waals surface area (Å²) in [4.78, 5) is 15.9. The topological polar surface area (TPSA) is 48.0 Å². The van der Waals surface area contributed by atoms with Gasteiger partial charge in [0.1, 0.15) is 0 Å². The SMILES string of the molecule is Cc1cn2cc(Cn3cnc(-c4ccccc4)c3-c3ccncc3)nc2s1. The van der Waals surface area contributed by atoms with Crippen molar-refractivity contribution in [1.29, 1.82) is 0 Å². The minimum absolute atomic E-state index is 0.672. The van der Waals surface area contributed by atoms with E-state index in [0.717, 1.165) is 33.2 Å². The average Bonchev–Trinajstić information content (AvgIpc) is 3.36. The Balaban J connectivity index is 1.61. The molecular weight excluding hydrogens is 354 g/mol. The number of fused-ring (bicyclic) bond motifs is 1. The Morgan fingerprint density at radius 3 is 2.56 bits per heavy atom. The maximum absolute atomic E-state index is 4.77. The standard InChI is InChI=1S/C21H17N5S/c1-15-11-25-12-18(24-21(25)27-15)13-26-14-23-19(16-5-3-2-4-6-16)20(26)17-7-9-22-10-8-17/h2-12,14H,13H2,1H3. The highest BCUT2D eigenvalue weighted by atomic mass is 32.1. The zero-order valence-electron chi connectivity index (χ0n) is 14.8. The second-order valence-corrected chi connectivity index (χ2v) is 7.65. The number of hydrogen-bond donors (Lipinski definition) is 0. The maximum Gasteiger partial charge on any atom is 0.194 e. The van der Waals surface area contributed by atoms with Gasteiger partial charge in [-0.15, -0.1) is 11.3 Å². The first-order valence-electron chi connectivity index (χ1n) is 8.73. The van der Waals surface area contributed by atoms with Crippen molar-refractivity contribution in [2.75, 3.05) is 0 Å². The van der Waals surface area contributed by atoms with E-state index in [4.69, 9.17) is 9.97 Å². The minimum atomic E-state index is 0.672. The Bertz CT molecular complexity index is 1170. The molecule has 5 nitrogen and oxygen atoms in total. The molecule has 0 radical (unpaired) electrons. The molecule has 0 N–H and O–H groups in total. The van der Waals surface area contributed by atoms with Crippen molar-refractivity contribution in [3.05, 3.63) is 84.2 Å². The molecule has 4 aromatic heterocycles. The number of hydrogen-bond acceptors (Lipinski definition) is 4. The number of benzene rings is 1. The molecule has 0 spiro atoms. The van der Waals surface area contributed by atoms with Crippen LogP contribution in [0, 0.1) is 6.92 Å². The minimum Gasteiger partial charge on any atom is -0.324 e. The van der Waals surface area contributed by atoms with Crippen LogP contribution < -0.4 is 0 Å². The first kappa shape index (κ1) is 16.0. The third kappa shape index (κ3) is 2.94. The molecular formula is C21H17N5S. The highest BCUT2D eigenvalue weighted by Crippen LogP contribution is 2.31. The third-order valence-electron chi connectivity index (χ3n) is 4.49. The Morgan fingerprint density at radius 2 is 1.78 bits per heavy atom. The van der Waals surface area contributed by atoms with Crippen molar-refractivity contribution < 1.29 is 0 Å². The lowest BCUT2D eigenvalue weighted by Crippen LogP contribution is -2.01. The van der Waals surface area contributed by atoms with Crippen LogP contribution in [0.5, 0.6) is 0 Å². The molecule has 6 heteroatoms. The van der Waals surface area contributed by atoms with E-state index in [1.54, 1.807) is 11.3 Å². The molecule has 5 aromatic rings. The Morgan fingerprint density at radius 1 is 0.963 bits per heavy atom. The first-order valence-corrected chi connectivity index (χ1v) is 9.54. The normalized spacial score (nSPS) is 11.3. The number of rotatable bonds is 4. The van der Waals surface area contributed by atoms with E-state index < -0.39 is 0 Å². The molecule has 0 saturated carbocycles. The van der Waals surface area contributed by atoms with Crippen molar-refractivity contribution in [2.45, 2.75) is 13.5 Å². The Labute approximate surface area is 160 Å². The van der Waals surface area contributed by atoms with Gasteiger partial charge < -0.3 is 4.57 Å². The summed E-state index contributed by atoms with van der Waals surface area (Å²) in [6.45, 7) is 2.77. The predicted octanol–water partition coefficient (Wildman–Crippen LogP) is 4.68. The molecule has 1 aromatic carbocycles. The van der Waals surface area contributed by atoms with Gasteiger partial charge >= 0.3 is 0 Å². The summed E-state index contributed by atoms with van der Waals surface area (Å²) in [5, 5.41) is 0. The van der Waals surface area contributed by atoms with Crippen LogP contribution in [0.4, 0.5) is 0 Å². The van der Waals surface area contributed by atoms with Crippen molar-refractivity contribution in [3.63, 3.8) is 0 Å². The van der Waals surface area contributed by atoms with Crippen molar-refractivity contribution in [1.82, 2.24) is 23.9 Å². The summed E-state index contributed by atoms with van der Waals surface area (Å²) in [6.07, 6.45) is 9.74. The molecule has 0 unspecified atom stereocenters. The van der Waals surface area contributed by atoms with Gasteiger partial charge in [0.15, 0.2) is 4.96 Å². The van der Waals surface area contributed by atoms with Crippen LogP contribution in [0.2, 0.25) is 0 Å². The highest BCUT2D eigenvalue weighted by molar-refractivity contribution is 7.16. The monoisotopic (exact) mass is 371 g/mol. The number of nitrogens with zero attached hydrogens (tertiary/aromatic N) is 5. The summed E-state index contributed by atoms with van der Waals surface area (Å²) < 4.78 is 4.26. The molecule has 0 saturated heterocycles. The molecule has 27 heavy (non-hydrogen) atoms. The van der Waals surface area contributed by atoms with Gasteiger partial charge in [-0.1, -0.05) is 30.3 Å². The molecule has 132 valence electrons. The molecule has 0 aliphatic carbocycles. The van der Waals surface area contributed by atoms with E-state index in [0.29, 0.717) is 6.54 Å². The summed E-state index contributed by atoms with van der Waals surface area (Å²) in [7, 11) is 0. The quantitative estimate of drug-likeness (QED) is 0.461. The maximum atomic E-state index is 4.77. The predicted molar refractivity (Wildman–Crippen MR) is 108 cm³/mol. The molecule has 0 bridgehead atoms. The molecule has 0 aliphatic rings. The first-order chi connectivity index (χ1) is 13.3. The number of pyridine rings is 1. The Kier molecular flexibility index (Phi) is 3.83. The number of aryl methyl sites for hydroxylation is 1. The number of imidazole rings is 2. The van der Waals surface area contributed by atoms with E-state index >= 15 is 0 Å². The van der Waals surface area contributed by atoms with Gasteiger partial charge in [-0.05, 0) is 19.1 Å². The van der Waals surface area contributed by atoms with Gasteiger partial charge in [-0.3, -0.25) is 9.38 Å². The number of aromatic nitrogens is 5. The summed E-state index contributed by atoms with van der Waals surface area (Å²) in [5.74, 6) is 0. The number of thiazole rings is 1. The second-order valence-electron chi connectivity index (χ2n) is 6.44. The van der Waals surface area contributed by atoms with Crippen molar-refractivity contribution in [3.8, 4) is 22.5 Å². The van der Waals surface area contributed by atoms with Gasteiger partial charge in [0.2, 0.25) is 0 Å². The summed E-state index contributed by atoms with van der Waals surface area (Å²) >= 11 is 1.70. The molecule has 5 rings (SSSR count). The van der Waals surface area contributed by atoms with Gasteiger partial charge in [0, 0.05) is 40.8 Å². The van der Waals surface area contributed by atoms with Crippen molar-refractivity contribution in [2.24, 2.45) is 0 Å². The lowest BCUT2D eigenvalue weighted by Gasteiger charge is -2.09. The molecule has 0 aliphatic heterocycles. The molecule has 0 amide bonds. The van der Waals surface area contributed by atoms with E-state index in [-0.39, 0.29) is 0 Å². The van der Waals surface area contributed by atoms with Gasteiger partial charge in [-0.2, -0.15) is 0 Å². The van der Waals surface area contributed by atoms with E-state index in [1.807, 2.05) is 49.1 Å². The molecule has 4 heterocycles. The summed E-state index contributed by atoms with van der Waals surface area (Å²) in [6, 6.07) is 14.3. The van der Waals surface area contributed by atoms with Gasteiger partial charge in [0.25, 0.3) is 0 Å². The fourth-order valence-electron chi connectivity index (χ4n) is 3.33. The third-order valence-corrected chi connectivity index (χ3v) is 5.40. The van der Waals surface area contributed by atoms with Crippen LogP contribution in [-0.2, 0) is 6.54 Å². The van der Waals surface area contributed by atoms with Crippen LogP contribution in [0.3, 0.4) is 0 Å². The Hall–Kier alpha value is -3.25. The van der Waals surface area contributed by atoms with E-state index in [1.165, 1.54) is 4.88 Å². The summed E-state index contributed by atoms with van der Waals surface area (Å²) in [5.41, 5.74) is 5.27. The highest BCUT2D eigenvalue weighted by Gasteiger charge is 2.16. The van der Waals surface area contributed by atoms with Crippen molar-refractivity contribution >= 4 is 16.3 Å². The largest absolute Gasteiger partial charge is 0.324 e. The van der Waals surface area contributed by atoms with E-state index in [2.05, 4.69) is 45.4 Å². The van der Waals surface area contributed by atoms with Crippen LogP contribution in [-0.4, -0.2) is 23.9 Å². The van der Waals surface area contributed by atoms with Gasteiger partial charge in [0.05, 0.1) is 30.0 Å². The van der Waals surface area contributed by atoms with Gasteiger partial charge in [-0.25, -0.2) is 9.97 Å². The lowest BCUT2D eigenvalue weighted by molar-refractivity contribution is 0.786. The zero-order valence-corrected chi connectivity index (χ0v) is 15.6.